The van der Waals surface area contributed by atoms with E-state index in [1.54, 1.807) is 6.07 Å². The van der Waals surface area contributed by atoms with Gasteiger partial charge < -0.3 is 9.47 Å². The lowest BCUT2D eigenvalue weighted by Crippen LogP contribution is -2.19. The van der Waals surface area contributed by atoms with E-state index in [-0.39, 0.29) is 23.1 Å². The van der Waals surface area contributed by atoms with Crippen molar-refractivity contribution in [2.75, 3.05) is 13.7 Å². The van der Waals surface area contributed by atoms with E-state index in [0.717, 1.165) is 16.3 Å². The molecule has 8 nitrogen and oxygen atoms in total. The van der Waals surface area contributed by atoms with Gasteiger partial charge in [-0.25, -0.2) is 5.43 Å². The van der Waals surface area contributed by atoms with Crippen LogP contribution in [0.5, 0.6) is 11.5 Å². The molecule has 31 heavy (non-hydrogen) atoms. The Hall–Kier alpha value is -3.94. The zero-order valence-electron chi connectivity index (χ0n) is 17.5. The van der Waals surface area contributed by atoms with Gasteiger partial charge >= 0.3 is 5.69 Å². The third-order valence-corrected chi connectivity index (χ3v) is 4.67. The van der Waals surface area contributed by atoms with Crippen molar-refractivity contribution in [3.63, 3.8) is 0 Å². The molecule has 1 N–H and O–H groups in total. The van der Waals surface area contributed by atoms with Crippen molar-refractivity contribution in [1.82, 2.24) is 5.43 Å². The topological polar surface area (TPSA) is 103 Å². The molecule has 0 saturated heterocycles. The lowest BCUT2D eigenvalue weighted by Gasteiger charge is -2.11. The minimum Gasteiger partial charge on any atom is -0.493 e. The van der Waals surface area contributed by atoms with Gasteiger partial charge in [-0.3, -0.25) is 14.9 Å². The van der Waals surface area contributed by atoms with Gasteiger partial charge in [-0.05, 0) is 35.7 Å². The van der Waals surface area contributed by atoms with Gasteiger partial charge in [-0.2, -0.15) is 5.10 Å². The summed E-state index contributed by atoms with van der Waals surface area (Å²) in [6.07, 6.45) is 2.03. The fourth-order valence-corrected chi connectivity index (χ4v) is 3.22. The summed E-state index contributed by atoms with van der Waals surface area (Å²) in [5.74, 6) is -0.0721. The molecule has 0 unspecified atom stereocenters. The molecule has 3 rings (SSSR count). The van der Waals surface area contributed by atoms with Gasteiger partial charge in [0.15, 0.2) is 5.75 Å². The van der Waals surface area contributed by atoms with Crippen molar-refractivity contribution < 1.29 is 19.2 Å². The number of amides is 1. The van der Waals surface area contributed by atoms with E-state index in [0.29, 0.717) is 24.2 Å². The maximum atomic E-state index is 12.8. The van der Waals surface area contributed by atoms with Crippen LogP contribution in [0.4, 0.5) is 5.69 Å². The minimum atomic E-state index is -0.539. The monoisotopic (exact) mass is 421 g/mol. The molecule has 3 aromatic carbocycles. The van der Waals surface area contributed by atoms with Gasteiger partial charge in [0.2, 0.25) is 5.75 Å². The summed E-state index contributed by atoms with van der Waals surface area (Å²) < 4.78 is 10.8. The average Bonchev–Trinajstić information content (AvgIpc) is 2.77. The van der Waals surface area contributed by atoms with E-state index in [9.17, 15) is 14.9 Å². The summed E-state index contributed by atoms with van der Waals surface area (Å²) in [6.45, 7) is 4.08. The zero-order chi connectivity index (χ0) is 22.4. The molecule has 3 aromatic rings. The summed E-state index contributed by atoms with van der Waals surface area (Å²) in [6, 6.07) is 14.3. The van der Waals surface area contributed by atoms with Gasteiger partial charge in [0.1, 0.15) is 0 Å². The molecule has 1 amide bonds. The van der Waals surface area contributed by atoms with Crippen molar-refractivity contribution >= 4 is 28.6 Å². The first-order chi connectivity index (χ1) is 15.0. The van der Waals surface area contributed by atoms with Crippen LogP contribution in [-0.2, 0) is 0 Å². The number of hydrogen-bond acceptors (Lipinski definition) is 6. The SMILES string of the molecule is CCCOc1c(OC)cc(/C=N\NC(=O)c2c(C)ccc3ccccc23)cc1[N+](=O)[O-]. The Balaban J connectivity index is 1.87. The number of nitro groups is 1. The predicted molar refractivity (Wildman–Crippen MR) is 119 cm³/mol. The minimum absolute atomic E-state index is 0.0712. The van der Waals surface area contributed by atoms with Crippen molar-refractivity contribution in [2.45, 2.75) is 20.3 Å². The average molecular weight is 421 g/mol. The molecular formula is C23H23N3O5. The molecule has 0 spiro atoms. The highest BCUT2D eigenvalue weighted by Gasteiger charge is 2.22. The van der Waals surface area contributed by atoms with Crippen LogP contribution >= 0.6 is 0 Å². The molecule has 160 valence electrons. The second-order valence-corrected chi connectivity index (χ2v) is 6.85. The number of aryl methyl sites for hydroxylation is 1. The zero-order valence-corrected chi connectivity index (χ0v) is 17.5. The summed E-state index contributed by atoms with van der Waals surface area (Å²) >= 11 is 0. The molecule has 0 bridgehead atoms. The van der Waals surface area contributed by atoms with Gasteiger partial charge in [0, 0.05) is 11.6 Å². The van der Waals surface area contributed by atoms with Gasteiger partial charge in [0.05, 0.1) is 30.4 Å². The molecule has 0 fully saturated rings. The van der Waals surface area contributed by atoms with Crippen molar-refractivity contribution in [1.29, 1.82) is 0 Å². The Morgan fingerprint density at radius 2 is 2.00 bits per heavy atom. The van der Waals surface area contributed by atoms with Gasteiger partial charge in [0.25, 0.3) is 5.91 Å². The number of nitro benzene ring substituents is 1. The van der Waals surface area contributed by atoms with E-state index in [4.69, 9.17) is 9.47 Å². The third-order valence-electron chi connectivity index (χ3n) is 4.67. The number of fused-ring (bicyclic) bond motifs is 1. The highest BCUT2D eigenvalue weighted by Crippen LogP contribution is 2.38. The maximum Gasteiger partial charge on any atom is 0.315 e. The number of ether oxygens (including phenoxy) is 2. The first-order valence-electron chi connectivity index (χ1n) is 9.77. The van der Waals surface area contributed by atoms with E-state index in [1.165, 1.54) is 19.4 Å². The van der Waals surface area contributed by atoms with Crippen LogP contribution < -0.4 is 14.9 Å². The Bertz CT molecular complexity index is 1160. The molecule has 0 aliphatic heterocycles. The number of hydrogen-bond donors (Lipinski definition) is 1. The predicted octanol–water partition coefficient (Wildman–Crippen LogP) is 4.62. The standard InChI is InChI=1S/C23H23N3O5/c1-4-11-31-22-19(26(28)29)12-16(13-20(22)30-3)14-24-25-23(27)21-15(2)9-10-17-7-5-6-8-18(17)21/h5-10,12-14H,4,11H2,1-3H3,(H,25,27)/b24-14-. The number of carbonyl (C=O) groups is 1. The maximum absolute atomic E-state index is 12.8. The summed E-state index contributed by atoms with van der Waals surface area (Å²) in [5.41, 5.74) is 4.01. The number of hydrazone groups is 1. The van der Waals surface area contributed by atoms with Gasteiger partial charge in [-0.1, -0.05) is 43.3 Å². The van der Waals surface area contributed by atoms with Crippen LogP contribution in [0, 0.1) is 17.0 Å². The summed E-state index contributed by atoms with van der Waals surface area (Å²) in [5, 5.41) is 17.3. The van der Waals surface area contributed by atoms with Crippen LogP contribution in [0.15, 0.2) is 53.6 Å². The Kier molecular flexibility index (Phi) is 6.81. The van der Waals surface area contributed by atoms with E-state index >= 15 is 0 Å². The summed E-state index contributed by atoms with van der Waals surface area (Å²) in [4.78, 5) is 23.7. The summed E-state index contributed by atoms with van der Waals surface area (Å²) in [7, 11) is 1.41. The smallest absolute Gasteiger partial charge is 0.315 e. The number of nitrogens with one attached hydrogen (secondary N) is 1. The lowest BCUT2D eigenvalue weighted by molar-refractivity contribution is -0.386. The quantitative estimate of drug-likeness (QED) is 0.325. The van der Waals surface area contributed by atoms with E-state index < -0.39 is 4.92 Å². The van der Waals surface area contributed by atoms with Crippen molar-refractivity contribution in [3.05, 3.63) is 75.3 Å². The molecule has 0 saturated carbocycles. The molecule has 0 radical (unpaired) electrons. The molecule has 0 heterocycles. The lowest BCUT2D eigenvalue weighted by atomic mass is 9.99. The number of carbonyl (C=O) groups excluding carboxylic acids is 1. The number of benzene rings is 3. The normalized spacial score (nSPS) is 10.9. The fraction of sp³-hybridized carbons (Fsp3) is 0.217. The number of nitrogens with zero attached hydrogens (tertiary/aromatic N) is 2. The molecule has 0 aromatic heterocycles. The number of rotatable bonds is 8. The Morgan fingerprint density at radius 1 is 1.23 bits per heavy atom. The highest BCUT2D eigenvalue weighted by atomic mass is 16.6. The Labute approximate surface area is 179 Å². The van der Waals surface area contributed by atoms with Gasteiger partial charge in [-0.15, -0.1) is 0 Å². The largest absolute Gasteiger partial charge is 0.493 e. The van der Waals surface area contributed by atoms with Crippen LogP contribution in [-0.4, -0.2) is 30.8 Å². The molecule has 8 heteroatoms. The first-order valence-corrected chi connectivity index (χ1v) is 9.77. The van der Waals surface area contributed by atoms with E-state index in [1.807, 2.05) is 50.2 Å². The van der Waals surface area contributed by atoms with Crippen LogP contribution in [0.25, 0.3) is 10.8 Å². The third kappa shape index (κ3) is 4.80. The molecule has 0 atom stereocenters. The van der Waals surface area contributed by atoms with E-state index in [2.05, 4.69) is 10.5 Å². The fourth-order valence-electron chi connectivity index (χ4n) is 3.22. The van der Waals surface area contributed by atoms with Crippen LogP contribution in [0.2, 0.25) is 0 Å². The molecule has 0 aliphatic rings. The first kappa shape index (κ1) is 21.8. The number of methoxy groups -OCH3 is 1. The molecule has 0 aliphatic carbocycles. The van der Waals surface area contributed by atoms with Crippen LogP contribution in [0.3, 0.4) is 0 Å². The second kappa shape index (κ2) is 9.71. The molecular weight excluding hydrogens is 398 g/mol. The Morgan fingerprint density at radius 3 is 2.71 bits per heavy atom. The van der Waals surface area contributed by atoms with Crippen molar-refractivity contribution in [3.8, 4) is 11.5 Å². The van der Waals surface area contributed by atoms with Crippen molar-refractivity contribution in [2.24, 2.45) is 5.10 Å². The van der Waals surface area contributed by atoms with Crippen LogP contribution in [0.1, 0.15) is 34.8 Å². The highest BCUT2D eigenvalue weighted by molar-refractivity contribution is 6.08. The second-order valence-electron chi connectivity index (χ2n) is 6.85.